The second-order valence-corrected chi connectivity index (χ2v) is 8.65. The SMILES string of the molecule is COc1cc(N2C[C@H](C(=O)N3CC=C(c4c[nH]c5ncccc45)CC3)CC2=O)cc(OC)c1OC. The van der Waals surface area contributed by atoms with Crippen LogP contribution in [0, 0.1) is 5.92 Å². The highest BCUT2D eigenvalue weighted by atomic mass is 16.5. The van der Waals surface area contributed by atoms with Crippen LogP contribution < -0.4 is 19.1 Å². The second-order valence-electron chi connectivity index (χ2n) is 8.65. The molecule has 1 N–H and O–H groups in total. The van der Waals surface area contributed by atoms with Crippen LogP contribution in [0.15, 0.2) is 42.7 Å². The zero-order valence-electron chi connectivity index (χ0n) is 20.0. The Kier molecular flexibility index (Phi) is 6.07. The van der Waals surface area contributed by atoms with Crippen molar-refractivity contribution >= 4 is 34.1 Å². The molecular formula is C26H28N4O5. The molecule has 0 unspecified atom stereocenters. The van der Waals surface area contributed by atoms with Gasteiger partial charge in [0.25, 0.3) is 0 Å². The van der Waals surface area contributed by atoms with E-state index in [1.54, 1.807) is 23.2 Å². The molecule has 2 aliphatic heterocycles. The van der Waals surface area contributed by atoms with Crippen LogP contribution in [0.3, 0.4) is 0 Å². The van der Waals surface area contributed by atoms with Crippen molar-refractivity contribution in [2.75, 3.05) is 45.9 Å². The first kappa shape index (κ1) is 22.8. The Morgan fingerprint density at radius 3 is 2.57 bits per heavy atom. The maximum Gasteiger partial charge on any atom is 0.228 e. The highest BCUT2D eigenvalue weighted by molar-refractivity contribution is 6.01. The molecule has 2 aliphatic rings. The van der Waals surface area contributed by atoms with E-state index in [0.717, 1.165) is 23.0 Å². The van der Waals surface area contributed by atoms with Gasteiger partial charge in [-0.15, -0.1) is 0 Å². The lowest BCUT2D eigenvalue weighted by Crippen LogP contribution is -2.39. The summed E-state index contributed by atoms with van der Waals surface area (Å²) >= 11 is 0. The third-order valence-electron chi connectivity index (χ3n) is 6.75. The number of aromatic nitrogens is 2. The van der Waals surface area contributed by atoms with Crippen LogP contribution in [-0.4, -0.2) is 67.6 Å². The van der Waals surface area contributed by atoms with Gasteiger partial charge in [-0.25, -0.2) is 4.98 Å². The monoisotopic (exact) mass is 476 g/mol. The number of anilines is 1. The number of nitrogens with zero attached hydrogens (tertiary/aromatic N) is 3. The summed E-state index contributed by atoms with van der Waals surface area (Å²) in [5, 5.41) is 1.08. The quantitative estimate of drug-likeness (QED) is 0.587. The van der Waals surface area contributed by atoms with Crippen LogP contribution in [0.2, 0.25) is 0 Å². The number of methoxy groups -OCH3 is 3. The Morgan fingerprint density at radius 2 is 1.91 bits per heavy atom. The van der Waals surface area contributed by atoms with Gasteiger partial charge < -0.3 is 29.0 Å². The molecule has 0 bridgehead atoms. The maximum absolute atomic E-state index is 13.3. The van der Waals surface area contributed by atoms with Gasteiger partial charge in [0.15, 0.2) is 11.5 Å². The van der Waals surface area contributed by atoms with Crippen LogP contribution >= 0.6 is 0 Å². The van der Waals surface area contributed by atoms with Crippen molar-refractivity contribution in [2.45, 2.75) is 12.8 Å². The van der Waals surface area contributed by atoms with Crippen LogP contribution in [0.25, 0.3) is 16.6 Å². The minimum absolute atomic E-state index is 0.00388. The van der Waals surface area contributed by atoms with E-state index in [4.69, 9.17) is 14.2 Å². The fraction of sp³-hybridized carbons (Fsp3) is 0.346. The van der Waals surface area contributed by atoms with Gasteiger partial charge in [0, 0.05) is 61.5 Å². The molecule has 0 aliphatic carbocycles. The highest BCUT2D eigenvalue weighted by Gasteiger charge is 2.38. The van der Waals surface area contributed by atoms with E-state index in [1.165, 1.54) is 26.9 Å². The summed E-state index contributed by atoms with van der Waals surface area (Å²) in [6.45, 7) is 1.46. The topological polar surface area (TPSA) is 97.0 Å². The van der Waals surface area contributed by atoms with Crippen molar-refractivity contribution in [3.8, 4) is 17.2 Å². The summed E-state index contributed by atoms with van der Waals surface area (Å²) in [4.78, 5) is 37.2. The Labute approximate surface area is 203 Å². The second kappa shape index (κ2) is 9.32. The summed E-state index contributed by atoms with van der Waals surface area (Å²) in [5.41, 5.74) is 3.81. The molecule has 1 atom stereocenters. The maximum atomic E-state index is 13.3. The number of carbonyl (C=O) groups excluding carboxylic acids is 2. The van der Waals surface area contributed by atoms with E-state index in [1.807, 2.05) is 17.2 Å². The average molecular weight is 477 g/mol. The number of ether oxygens (including phenoxy) is 3. The Bertz CT molecular complexity index is 1290. The number of nitrogens with one attached hydrogen (secondary N) is 1. The molecule has 1 fully saturated rings. The molecule has 1 saturated heterocycles. The van der Waals surface area contributed by atoms with Gasteiger partial charge in [-0.1, -0.05) is 6.08 Å². The van der Waals surface area contributed by atoms with Gasteiger partial charge in [-0.3, -0.25) is 9.59 Å². The fourth-order valence-corrected chi connectivity index (χ4v) is 4.94. The third-order valence-corrected chi connectivity index (χ3v) is 6.75. The zero-order chi connectivity index (χ0) is 24.5. The van der Waals surface area contributed by atoms with Gasteiger partial charge in [-0.2, -0.15) is 0 Å². The van der Waals surface area contributed by atoms with E-state index in [0.29, 0.717) is 42.6 Å². The minimum Gasteiger partial charge on any atom is -0.493 e. The van der Waals surface area contributed by atoms with Gasteiger partial charge in [0.05, 0.1) is 32.9 Å². The highest BCUT2D eigenvalue weighted by Crippen LogP contribution is 2.42. The van der Waals surface area contributed by atoms with Crippen molar-refractivity contribution in [1.29, 1.82) is 0 Å². The molecule has 3 aromatic rings. The van der Waals surface area contributed by atoms with Crippen LogP contribution in [0.5, 0.6) is 17.2 Å². The Morgan fingerprint density at radius 1 is 1.14 bits per heavy atom. The first-order valence-corrected chi connectivity index (χ1v) is 11.5. The molecule has 4 heterocycles. The lowest BCUT2D eigenvalue weighted by atomic mass is 9.98. The van der Waals surface area contributed by atoms with E-state index in [-0.39, 0.29) is 18.2 Å². The Hall–Kier alpha value is -4.01. The summed E-state index contributed by atoms with van der Waals surface area (Å²) in [5.74, 6) is 0.895. The summed E-state index contributed by atoms with van der Waals surface area (Å²) in [7, 11) is 4.60. The number of H-pyrrole nitrogens is 1. The largest absolute Gasteiger partial charge is 0.493 e. The predicted octanol–water partition coefficient (Wildman–Crippen LogP) is 3.26. The Balaban J connectivity index is 1.30. The number of benzene rings is 1. The summed E-state index contributed by atoms with van der Waals surface area (Å²) in [6, 6.07) is 7.44. The van der Waals surface area contributed by atoms with Gasteiger partial charge in [0.2, 0.25) is 17.6 Å². The molecule has 5 rings (SSSR count). The molecule has 182 valence electrons. The van der Waals surface area contributed by atoms with Crippen molar-refractivity contribution in [3.05, 3.63) is 48.3 Å². The molecule has 2 amide bonds. The van der Waals surface area contributed by atoms with E-state index in [9.17, 15) is 9.59 Å². The van der Waals surface area contributed by atoms with Crippen molar-refractivity contribution in [1.82, 2.24) is 14.9 Å². The molecule has 9 nitrogen and oxygen atoms in total. The number of carbonyl (C=O) groups is 2. The van der Waals surface area contributed by atoms with Gasteiger partial charge in [-0.05, 0) is 24.1 Å². The normalized spacial score (nSPS) is 18.1. The zero-order valence-corrected chi connectivity index (χ0v) is 20.0. The average Bonchev–Trinajstić information content (AvgIpc) is 3.51. The molecule has 2 aromatic heterocycles. The van der Waals surface area contributed by atoms with Crippen LogP contribution in [-0.2, 0) is 9.59 Å². The summed E-state index contributed by atoms with van der Waals surface area (Å²) < 4.78 is 16.2. The van der Waals surface area contributed by atoms with Crippen LogP contribution in [0.1, 0.15) is 18.4 Å². The van der Waals surface area contributed by atoms with Crippen LogP contribution in [0.4, 0.5) is 5.69 Å². The standard InChI is InChI=1S/C26H28N4O5/c1-33-21-12-18(13-22(34-2)24(21)35-3)30-15-17(11-23(30)31)26(32)29-9-6-16(7-10-29)20-14-28-25-19(20)5-4-8-27-25/h4-6,8,12-14,17H,7,9-11,15H2,1-3H3,(H,27,28)/t17-/m1/s1. The number of hydrogen-bond donors (Lipinski definition) is 1. The number of amides is 2. The first-order chi connectivity index (χ1) is 17.0. The third kappa shape index (κ3) is 4.07. The van der Waals surface area contributed by atoms with E-state index < -0.39 is 5.92 Å². The molecule has 0 radical (unpaired) electrons. The smallest absolute Gasteiger partial charge is 0.228 e. The van der Waals surface area contributed by atoms with E-state index >= 15 is 0 Å². The lowest BCUT2D eigenvalue weighted by molar-refractivity contribution is -0.135. The molecule has 0 spiro atoms. The van der Waals surface area contributed by atoms with Crippen molar-refractivity contribution < 1.29 is 23.8 Å². The number of pyridine rings is 1. The fourth-order valence-electron chi connectivity index (χ4n) is 4.94. The van der Waals surface area contributed by atoms with Gasteiger partial charge >= 0.3 is 0 Å². The summed E-state index contributed by atoms with van der Waals surface area (Å²) in [6.07, 6.45) is 6.78. The van der Waals surface area contributed by atoms with Gasteiger partial charge in [0.1, 0.15) is 5.65 Å². The lowest BCUT2D eigenvalue weighted by Gasteiger charge is -2.29. The van der Waals surface area contributed by atoms with Crippen molar-refractivity contribution in [3.63, 3.8) is 0 Å². The predicted molar refractivity (Wildman–Crippen MR) is 132 cm³/mol. The molecular weight excluding hydrogens is 448 g/mol. The number of aromatic amines is 1. The van der Waals surface area contributed by atoms with E-state index in [2.05, 4.69) is 22.1 Å². The molecule has 1 aromatic carbocycles. The first-order valence-electron chi connectivity index (χ1n) is 11.5. The number of rotatable bonds is 6. The number of fused-ring (bicyclic) bond motifs is 1. The molecule has 9 heteroatoms. The minimum atomic E-state index is -0.395. The number of hydrogen-bond acceptors (Lipinski definition) is 6. The van der Waals surface area contributed by atoms with Crippen molar-refractivity contribution in [2.24, 2.45) is 5.92 Å². The molecule has 0 saturated carbocycles. The molecule has 35 heavy (non-hydrogen) atoms.